The van der Waals surface area contributed by atoms with Gasteiger partial charge in [-0.05, 0) is 24.1 Å². The largest absolute Gasteiger partial charge is 0.493 e. The van der Waals surface area contributed by atoms with Crippen LogP contribution in [0.4, 0.5) is 0 Å². The average molecular weight is 331 g/mol. The fraction of sp³-hybridized carbons (Fsp3) is 0.500. The molecule has 1 aromatic rings. The van der Waals surface area contributed by atoms with Gasteiger partial charge in [0.1, 0.15) is 0 Å². The summed E-state index contributed by atoms with van der Waals surface area (Å²) in [5, 5.41) is 0.749. The predicted molar refractivity (Wildman–Crippen MR) is 77.2 cm³/mol. The van der Waals surface area contributed by atoms with Crippen molar-refractivity contribution in [3.8, 4) is 11.5 Å². The molecule has 4 nitrogen and oxygen atoms in total. The number of hydrogen-bond acceptors (Lipinski definition) is 4. The van der Waals surface area contributed by atoms with Crippen LogP contribution in [0.1, 0.15) is 12.5 Å². The Hall–Kier alpha value is -1.23. The molecule has 0 fully saturated rings. The Balaban J connectivity index is 2.82. The SMILES string of the molecule is COC(=O)C(C)Cc1ccc(OC)c(OCCBr)c1. The molecule has 1 atom stereocenters. The average Bonchev–Trinajstić information content (AvgIpc) is 2.44. The Morgan fingerprint density at radius 1 is 1.32 bits per heavy atom. The fourth-order valence-corrected chi connectivity index (χ4v) is 1.91. The van der Waals surface area contributed by atoms with Crippen molar-refractivity contribution in [2.75, 3.05) is 26.2 Å². The Labute approximate surface area is 122 Å². The van der Waals surface area contributed by atoms with Gasteiger partial charge in [0.25, 0.3) is 0 Å². The second-order valence-corrected chi connectivity index (χ2v) is 4.94. The zero-order chi connectivity index (χ0) is 14.3. The molecule has 0 radical (unpaired) electrons. The van der Waals surface area contributed by atoms with Crippen LogP contribution < -0.4 is 9.47 Å². The van der Waals surface area contributed by atoms with Gasteiger partial charge in [-0.15, -0.1) is 0 Å². The molecule has 1 rings (SSSR count). The molecule has 0 aliphatic rings. The van der Waals surface area contributed by atoms with E-state index in [1.807, 2.05) is 25.1 Å². The van der Waals surface area contributed by atoms with Crippen molar-refractivity contribution in [2.24, 2.45) is 5.92 Å². The summed E-state index contributed by atoms with van der Waals surface area (Å²) in [6.45, 7) is 2.40. The number of ether oxygens (including phenoxy) is 3. The van der Waals surface area contributed by atoms with E-state index in [1.165, 1.54) is 7.11 Å². The summed E-state index contributed by atoms with van der Waals surface area (Å²) in [5.41, 5.74) is 1.02. The first-order valence-corrected chi connectivity index (χ1v) is 7.18. The van der Waals surface area contributed by atoms with Crippen molar-refractivity contribution in [2.45, 2.75) is 13.3 Å². The third kappa shape index (κ3) is 4.74. The molecule has 19 heavy (non-hydrogen) atoms. The van der Waals surface area contributed by atoms with Crippen LogP contribution in [0.15, 0.2) is 18.2 Å². The first kappa shape index (κ1) is 15.8. The second-order valence-electron chi connectivity index (χ2n) is 4.15. The Morgan fingerprint density at radius 2 is 2.05 bits per heavy atom. The maximum Gasteiger partial charge on any atom is 0.308 e. The van der Waals surface area contributed by atoms with Gasteiger partial charge >= 0.3 is 5.97 Å². The molecular weight excluding hydrogens is 312 g/mol. The standard InChI is InChI=1S/C14H19BrO4/c1-10(14(16)18-3)8-11-4-5-12(17-2)13(9-11)19-7-6-15/h4-5,9-10H,6-8H2,1-3H3. The molecule has 0 aliphatic carbocycles. The van der Waals surface area contributed by atoms with Gasteiger partial charge in [0.2, 0.25) is 0 Å². The smallest absolute Gasteiger partial charge is 0.308 e. The summed E-state index contributed by atoms with van der Waals surface area (Å²) in [6.07, 6.45) is 0.612. The zero-order valence-corrected chi connectivity index (χ0v) is 13.0. The van der Waals surface area contributed by atoms with Crippen molar-refractivity contribution < 1.29 is 19.0 Å². The Bertz CT molecular complexity index is 420. The lowest BCUT2D eigenvalue weighted by Crippen LogP contribution is -2.15. The lowest BCUT2D eigenvalue weighted by atomic mass is 10.0. The van der Waals surface area contributed by atoms with Gasteiger partial charge in [-0.3, -0.25) is 4.79 Å². The molecule has 0 saturated heterocycles. The number of carbonyl (C=O) groups is 1. The molecule has 1 unspecified atom stereocenters. The fourth-order valence-electron chi connectivity index (χ4n) is 1.75. The molecule has 106 valence electrons. The van der Waals surface area contributed by atoms with Crippen LogP contribution in [0.3, 0.4) is 0 Å². The molecule has 0 aliphatic heterocycles. The lowest BCUT2D eigenvalue weighted by molar-refractivity contribution is -0.144. The summed E-state index contributed by atoms with van der Waals surface area (Å²) in [4.78, 5) is 11.4. The van der Waals surface area contributed by atoms with Crippen LogP contribution >= 0.6 is 15.9 Å². The third-order valence-electron chi connectivity index (χ3n) is 2.71. The highest BCUT2D eigenvalue weighted by atomic mass is 79.9. The lowest BCUT2D eigenvalue weighted by Gasteiger charge is -2.13. The molecule has 0 bridgehead atoms. The van der Waals surface area contributed by atoms with E-state index < -0.39 is 0 Å². The zero-order valence-electron chi connectivity index (χ0n) is 11.4. The maximum atomic E-state index is 11.4. The highest BCUT2D eigenvalue weighted by Gasteiger charge is 2.15. The molecular formula is C14H19BrO4. The summed E-state index contributed by atoms with van der Waals surface area (Å²) >= 11 is 3.31. The van der Waals surface area contributed by atoms with Crippen molar-refractivity contribution in [3.63, 3.8) is 0 Å². The van der Waals surface area contributed by atoms with E-state index >= 15 is 0 Å². The Morgan fingerprint density at radius 3 is 2.63 bits per heavy atom. The summed E-state index contributed by atoms with van der Waals surface area (Å²) < 4.78 is 15.6. The molecule has 0 N–H and O–H groups in total. The van der Waals surface area contributed by atoms with E-state index in [9.17, 15) is 4.79 Å². The van der Waals surface area contributed by atoms with Crippen LogP contribution in [-0.2, 0) is 16.0 Å². The van der Waals surface area contributed by atoms with Crippen LogP contribution in [0.2, 0.25) is 0 Å². The third-order valence-corrected chi connectivity index (χ3v) is 3.03. The van der Waals surface area contributed by atoms with E-state index in [0.717, 1.165) is 10.9 Å². The minimum atomic E-state index is -0.209. The molecule has 1 aromatic carbocycles. The van der Waals surface area contributed by atoms with Crippen LogP contribution in [-0.4, -0.2) is 32.1 Å². The number of benzene rings is 1. The maximum absolute atomic E-state index is 11.4. The normalized spacial score (nSPS) is 11.8. The predicted octanol–water partition coefficient (Wildman–Crippen LogP) is 2.82. The van der Waals surface area contributed by atoms with E-state index in [-0.39, 0.29) is 11.9 Å². The van der Waals surface area contributed by atoms with Crippen molar-refractivity contribution in [3.05, 3.63) is 23.8 Å². The van der Waals surface area contributed by atoms with Crippen molar-refractivity contribution >= 4 is 21.9 Å². The highest BCUT2D eigenvalue weighted by molar-refractivity contribution is 9.09. The number of esters is 1. The number of methoxy groups -OCH3 is 2. The topological polar surface area (TPSA) is 44.8 Å². The van der Waals surface area contributed by atoms with Gasteiger partial charge in [0.05, 0.1) is 26.7 Å². The Kier molecular flexibility index (Phi) is 6.70. The van der Waals surface area contributed by atoms with Gasteiger partial charge in [0.15, 0.2) is 11.5 Å². The molecule has 0 spiro atoms. The summed E-state index contributed by atoms with van der Waals surface area (Å²) in [7, 11) is 3.00. The second kappa shape index (κ2) is 8.04. The quantitative estimate of drug-likeness (QED) is 0.569. The van der Waals surface area contributed by atoms with E-state index in [2.05, 4.69) is 15.9 Å². The molecule has 0 aromatic heterocycles. The van der Waals surface area contributed by atoms with Gasteiger partial charge < -0.3 is 14.2 Å². The number of rotatable bonds is 7. The van der Waals surface area contributed by atoms with E-state index in [1.54, 1.807) is 7.11 Å². The van der Waals surface area contributed by atoms with Gasteiger partial charge in [-0.2, -0.15) is 0 Å². The van der Waals surface area contributed by atoms with Crippen LogP contribution in [0, 0.1) is 5.92 Å². The molecule has 0 amide bonds. The molecule has 0 saturated carbocycles. The molecule has 5 heteroatoms. The minimum absolute atomic E-state index is 0.178. The van der Waals surface area contributed by atoms with Gasteiger partial charge in [0, 0.05) is 5.33 Å². The van der Waals surface area contributed by atoms with E-state index in [0.29, 0.717) is 24.5 Å². The van der Waals surface area contributed by atoms with Crippen LogP contribution in [0.5, 0.6) is 11.5 Å². The number of hydrogen-bond donors (Lipinski definition) is 0. The van der Waals surface area contributed by atoms with Crippen molar-refractivity contribution in [1.29, 1.82) is 0 Å². The summed E-state index contributed by atoms with van der Waals surface area (Å²) in [5.74, 6) is 0.994. The van der Waals surface area contributed by atoms with Crippen molar-refractivity contribution in [1.82, 2.24) is 0 Å². The van der Waals surface area contributed by atoms with Gasteiger partial charge in [-0.1, -0.05) is 28.9 Å². The first-order chi connectivity index (χ1) is 9.12. The van der Waals surface area contributed by atoms with Crippen LogP contribution in [0.25, 0.3) is 0 Å². The number of halogens is 1. The summed E-state index contributed by atoms with van der Waals surface area (Å²) in [6, 6.07) is 5.68. The van der Waals surface area contributed by atoms with E-state index in [4.69, 9.17) is 14.2 Å². The first-order valence-electron chi connectivity index (χ1n) is 6.05. The number of carbonyl (C=O) groups excluding carboxylic acids is 1. The highest BCUT2D eigenvalue weighted by Crippen LogP contribution is 2.29. The van der Waals surface area contributed by atoms with Gasteiger partial charge in [-0.25, -0.2) is 0 Å². The molecule has 0 heterocycles. The minimum Gasteiger partial charge on any atom is -0.493 e. The number of alkyl halides is 1. The monoisotopic (exact) mass is 330 g/mol.